The van der Waals surface area contributed by atoms with E-state index in [-0.39, 0.29) is 72.3 Å². The highest BCUT2D eigenvalue weighted by atomic mass is 28.4. The molecule has 0 aliphatic carbocycles. The molecule has 0 unspecified atom stereocenters. The lowest BCUT2D eigenvalue weighted by Crippen LogP contribution is -2.46. The third kappa shape index (κ3) is 24.1. The van der Waals surface area contributed by atoms with E-state index in [0.29, 0.717) is 58.5 Å². The molecular formula is C53H92O12Si2. The molecule has 0 amide bonds. The Labute approximate surface area is 408 Å². The molecule has 0 bridgehead atoms. The molecule has 0 aliphatic rings. The monoisotopic (exact) mass is 977 g/mol. The van der Waals surface area contributed by atoms with Crippen LogP contribution in [-0.4, -0.2) is 114 Å². The van der Waals surface area contributed by atoms with Crippen molar-refractivity contribution in [2.45, 2.75) is 161 Å². The normalized spacial score (nSPS) is 15.0. The van der Waals surface area contributed by atoms with Gasteiger partial charge >= 0.3 is 0 Å². The number of hydrogen-bond acceptors (Lipinski definition) is 12. The van der Waals surface area contributed by atoms with Gasteiger partial charge in [-0.3, -0.25) is 4.79 Å². The maximum atomic E-state index is 12.4. The molecule has 0 spiro atoms. The van der Waals surface area contributed by atoms with Crippen LogP contribution in [0.5, 0.6) is 11.5 Å². The Morgan fingerprint density at radius 3 is 1.36 bits per heavy atom. The van der Waals surface area contributed by atoms with Crippen molar-refractivity contribution in [3.63, 3.8) is 0 Å². The van der Waals surface area contributed by atoms with E-state index in [1.165, 1.54) is 0 Å². The minimum absolute atomic E-state index is 0.0290. The number of carbonyl (C=O) groups excluding carboxylic acids is 1. The van der Waals surface area contributed by atoms with Crippen LogP contribution in [-0.2, 0) is 55.3 Å². The number of methoxy groups -OCH3 is 4. The molecule has 14 heteroatoms. The summed E-state index contributed by atoms with van der Waals surface area (Å²) >= 11 is 0. The second kappa shape index (κ2) is 32.2. The molecule has 2 aromatic carbocycles. The van der Waals surface area contributed by atoms with Crippen LogP contribution < -0.4 is 9.47 Å². The average molecular weight is 977 g/mol. The lowest BCUT2D eigenvalue weighted by molar-refractivity contribution is -0.136. The summed E-state index contributed by atoms with van der Waals surface area (Å²) in [5, 5.41) is 10.1. The number of Topliss-reactive ketones (excluding diaryl/α,β-unsaturated/α-hetero) is 1. The molecule has 0 radical (unpaired) electrons. The highest BCUT2D eigenvalue weighted by molar-refractivity contribution is 6.74. The van der Waals surface area contributed by atoms with Gasteiger partial charge in [0.1, 0.15) is 30.9 Å². The Balaban J connectivity index is 0.000000670. The summed E-state index contributed by atoms with van der Waals surface area (Å²) in [4.78, 5) is 12.4. The molecule has 12 nitrogen and oxygen atoms in total. The minimum Gasteiger partial charge on any atom is -0.497 e. The molecule has 67 heavy (non-hydrogen) atoms. The van der Waals surface area contributed by atoms with E-state index < -0.39 is 16.6 Å². The SMILES string of the molecule is C=CC[C@H](C(C)=O)[C@@H](C[C@H](CCOCc1ccc(OC)cc1)O[Si](C)(C)C(C)(C)C)OCOC.C=CC[C@H](CO)[C@@H](C[C@H](CCOCc1ccc(OC)cc1)O[Si](C)(C)C(C)(C)C)OCOC. The molecule has 2 aromatic rings. The van der Waals surface area contributed by atoms with Gasteiger partial charge in [-0.05, 0) is 117 Å². The summed E-state index contributed by atoms with van der Waals surface area (Å²) in [7, 11) is 2.46. The molecule has 1 N–H and O–H groups in total. The van der Waals surface area contributed by atoms with E-state index in [1.54, 1.807) is 41.4 Å². The van der Waals surface area contributed by atoms with Crippen molar-refractivity contribution in [3.8, 4) is 11.5 Å². The van der Waals surface area contributed by atoms with Crippen molar-refractivity contribution in [1.82, 2.24) is 0 Å². The van der Waals surface area contributed by atoms with Gasteiger partial charge in [0.15, 0.2) is 16.6 Å². The fourth-order valence-corrected chi connectivity index (χ4v) is 9.58. The first-order valence-corrected chi connectivity index (χ1v) is 29.7. The highest BCUT2D eigenvalue weighted by Crippen LogP contribution is 2.40. The number of hydrogen-bond donors (Lipinski definition) is 1. The third-order valence-corrected chi connectivity index (χ3v) is 22.0. The van der Waals surface area contributed by atoms with Crippen LogP contribution in [0.25, 0.3) is 0 Å². The number of aliphatic hydroxyl groups is 1. The average Bonchev–Trinajstić information content (AvgIpc) is 3.27. The Hall–Kier alpha value is -2.74. The zero-order valence-electron chi connectivity index (χ0n) is 44.3. The van der Waals surface area contributed by atoms with Crippen molar-refractivity contribution in [1.29, 1.82) is 0 Å². The van der Waals surface area contributed by atoms with Gasteiger partial charge in [0.25, 0.3) is 0 Å². The smallest absolute Gasteiger partial charge is 0.192 e. The summed E-state index contributed by atoms with van der Waals surface area (Å²) in [6, 6.07) is 15.8. The van der Waals surface area contributed by atoms with Crippen molar-refractivity contribution in [3.05, 3.63) is 85.0 Å². The van der Waals surface area contributed by atoms with E-state index >= 15 is 0 Å². The Bertz CT molecular complexity index is 1620. The zero-order valence-corrected chi connectivity index (χ0v) is 46.3. The summed E-state index contributed by atoms with van der Waals surface area (Å²) in [6.07, 6.45) is 6.93. The number of rotatable bonds is 34. The standard InChI is InChI=1S/C27H46O6Si.C26H46O6Si/c1-10-11-25(21(2)28)26(32-20-29-6)18-24(33-34(8,9)27(3,4)5)16-17-31-19-22-12-14-23(30-7)15-13-22;1-9-10-22(18-27)25(31-20-28-5)17-24(32-33(7,8)26(2,3)4)15-16-30-19-21-11-13-23(29-6)14-12-21/h10,12-15,24-26H,1,11,16-20H2,2-9H3;9,11-14,22,24-25,27H,1,10,15-20H2,2-8H3/t24-,25+,26+;22-,24+,25-/m01/s1. The zero-order chi connectivity index (χ0) is 50.7. The van der Waals surface area contributed by atoms with Gasteiger partial charge < -0.3 is 51.9 Å². The van der Waals surface area contributed by atoms with Crippen LogP contribution >= 0.6 is 0 Å². The molecule has 0 saturated heterocycles. The van der Waals surface area contributed by atoms with Gasteiger partial charge in [-0.15, -0.1) is 13.2 Å². The van der Waals surface area contributed by atoms with E-state index in [1.807, 2.05) is 54.6 Å². The van der Waals surface area contributed by atoms with Gasteiger partial charge in [0, 0.05) is 58.1 Å². The Kier molecular flexibility index (Phi) is 29.9. The maximum Gasteiger partial charge on any atom is 0.192 e. The topological polar surface area (TPSA) is 130 Å². The maximum absolute atomic E-state index is 12.4. The van der Waals surface area contributed by atoms with Gasteiger partial charge in [0.2, 0.25) is 0 Å². The van der Waals surface area contributed by atoms with Gasteiger partial charge in [-0.25, -0.2) is 0 Å². The van der Waals surface area contributed by atoms with Crippen LogP contribution in [0.3, 0.4) is 0 Å². The molecule has 0 saturated carbocycles. The van der Waals surface area contributed by atoms with Crippen molar-refractivity contribution in [2.75, 3.05) is 61.8 Å². The summed E-state index contributed by atoms with van der Waals surface area (Å²) in [5.41, 5.74) is 2.19. The van der Waals surface area contributed by atoms with E-state index in [9.17, 15) is 9.90 Å². The molecular weight excluding hydrogens is 885 g/mol. The summed E-state index contributed by atoms with van der Waals surface area (Å²) in [6.45, 7) is 34.2. The van der Waals surface area contributed by atoms with Crippen LogP contribution in [0.1, 0.15) is 98.1 Å². The van der Waals surface area contributed by atoms with Gasteiger partial charge in [-0.2, -0.15) is 0 Å². The third-order valence-electron chi connectivity index (χ3n) is 13.0. The largest absolute Gasteiger partial charge is 0.497 e. The number of benzene rings is 2. The Morgan fingerprint density at radius 2 is 1.03 bits per heavy atom. The number of allylic oxidation sites excluding steroid dienone is 2. The first kappa shape index (κ1) is 62.3. The summed E-state index contributed by atoms with van der Waals surface area (Å²) in [5.74, 6) is 1.42. The fourth-order valence-electron chi connectivity index (χ4n) is 6.78. The van der Waals surface area contributed by atoms with Crippen molar-refractivity contribution >= 4 is 22.4 Å². The van der Waals surface area contributed by atoms with E-state index in [0.717, 1.165) is 29.0 Å². The second-order valence-electron chi connectivity index (χ2n) is 20.3. The minimum atomic E-state index is -2.04. The van der Waals surface area contributed by atoms with Crippen molar-refractivity contribution in [2.24, 2.45) is 11.8 Å². The molecule has 0 heterocycles. The predicted octanol–water partition coefficient (Wildman–Crippen LogP) is 11.7. The number of ketones is 1. The van der Waals surface area contributed by atoms with Crippen LogP contribution in [0.4, 0.5) is 0 Å². The van der Waals surface area contributed by atoms with Crippen LogP contribution in [0, 0.1) is 11.8 Å². The highest BCUT2D eigenvalue weighted by Gasteiger charge is 2.41. The lowest BCUT2D eigenvalue weighted by atomic mass is 9.90. The second-order valence-corrected chi connectivity index (χ2v) is 29.8. The summed E-state index contributed by atoms with van der Waals surface area (Å²) < 4.78 is 58.2. The molecule has 0 fully saturated rings. The number of ether oxygens (including phenoxy) is 8. The molecule has 2 rings (SSSR count). The Morgan fingerprint density at radius 1 is 0.642 bits per heavy atom. The predicted molar refractivity (Wildman–Crippen MR) is 276 cm³/mol. The first-order chi connectivity index (χ1) is 31.5. The fraction of sp³-hybridized carbons (Fsp3) is 0.679. The molecule has 384 valence electrons. The quantitative estimate of drug-likeness (QED) is 0.0310. The number of carbonyl (C=O) groups is 1. The molecule has 0 aromatic heterocycles. The molecule has 0 aliphatic heterocycles. The van der Waals surface area contributed by atoms with Crippen LogP contribution in [0.15, 0.2) is 73.8 Å². The van der Waals surface area contributed by atoms with E-state index in [4.69, 9.17) is 46.7 Å². The van der Waals surface area contributed by atoms with Gasteiger partial charge in [0.05, 0.1) is 39.6 Å². The van der Waals surface area contributed by atoms with Crippen LogP contribution in [0.2, 0.25) is 36.3 Å². The lowest BCUT2D eigenvalue weighted by Gasteiger charge is -2.40. The molecule has 6 atom stereocenters. The number of aliphatic hydroxyl groups excluding tert-OH is 1. The van der Waals surface area contributed by atoms with E-state index in [2.05, 4.69) is 80.9 Å². The van der Waals surface area contributed by atoms with Gasteiger partial charge in [-0.1, -0.05) is 78.0 Å². The van der Waals surface area contributed by atoms with Crippen molar-refractivity contribution < 1.29 is 56.6 Å². The first-order valence-electron chi connectivity index (χ1n) is 23.8.